The van der Waals surface area contributed by atoms with E-state index in [1.54, 1.807) is 0 Å². The van der Waals surface area contributed by atoms with E-state index in [0.717, 1.165) is 23.1 Å². The summed E-state index contributed by atoms with van der Waals surface area (Å²) in [6.45, 7) is 2.55. The number of rotatable bonds is 7. The van der Waals surface area contributed by atoms with Gasteiger partial charge in [-0.1, -0.05) is 36.4 Å². The van der Waals surface area contributed by atoms with Crippen LogP contribution in [0.4, 0.5) is 5.69 Å². The number of allylic oxidation sites excluding steroid dienone is 1. The molecule has 0 bridgehead atoms. The SMILES string of the molecule is CC=CSNc1c[nH]c2ncnc(OCCc3ccccc3)c12. The highest BCUT2D eigenvalue weighted by Crippen LogP contribution is 2.30. The van der Waals surface area contributed by atoms with Crippen molar-refractivity contribution in [2.24, 2.45) is 0 Å². The summed E-state index contributed by atoms with van der Waals surface area (Å²) in [5.41, 5.74) is 2.92. The van der Waals surface area contributed by atoms with Gasteiger partial charge in [0.25, 0.3) is 0 Å². The Bertz CT molecular complexity index is 786. The number of fused-ring (bicyclic) bond motifs is 1. The van der Waals surface area contributed by atoms with Crippen LogP contribution in [0, 0.1) is 0 Å². The Morgan fingerprint density at radius 1 is 1.26 bits per heavy atom. The fraction of sp³-hybridized carbons (Fsp3) is 0.176. The van der Waals surface area contributed by atoms with Crippen molar-refractivity contribution in [3.05, 3.63) is 59.9 Å². The molecule has 0 aliphatic heterocycles. The molecule has 0 radical (unpaired) electrons. The van der Waals surface area contributed by atoms with E-state index < -0.39 is 0 Å². The standard InChI is InChI=1S/C17H18N4OS/c1-2-10-23-21-14-11-18-16-15(14)17(20-12-19-16)22-9-8-13-6-4-3-5-7-13/h2-7,10-12,21H,8-9H2,1H3,(H,18,19,20). The maximum Gasteiger partial charge on any atom is 0.228 e. The molecule has 118 valence electrons. The molecule has 2 N–H and O–H groups in total. The van der Waals surface area contributed by atoms with Crippen molar-refractivity contribution in [3.8, 4) is 5.88 Å². The van der Waals surface area contributed by atoms with Crippen molar-refractivity contribution in [3.63, 3.8) is 0 Å². The quantitative estimate of drug-likeness (QED) is 0.638. The van der Waals surface area contributed by atoms with Crippen molar-refractivity contribution in [2.45, 2.75) is 13.3 Å². The maximum atomic E-state index is 5.89. The van der Waals surface area contributed by atoms with Gasteiger partial charge < -0.3 is 14.4 Å². The number of ether oxygens (including phenoxy) is 1. The largest absolute Gasteiger partial charge is 0.477 e. The molecule has 3 rings (SSSR count). The van der Waals surface area contributed by atoms with E-state index in [1.807, 2.05) is 42.8 Å². The number of anilines is 1. The summed E-state index contributed by atoms with van der Waals surface area (Å²) in [7, 11) is 0. The second-order valence-corrected chi connectivity index (χ2v) is 5.59. The van der Waals surface area contributed by atoms with E-state index in [0.29, 0.717) is 12.5 Å². The van der Waals surface area contributed by atoms with E-state index in [2.05, 4.69) is 31.8 Å². The molecule has 2 heterocycles. The Morgan fingerprint density at radius 2 is 2.13 bits per heavy atom. The number of benzene rings is 1. The van der Waals surface area contributed by atoms with Crippen molar-refractivity contribution >= 4 is 28.7 Å². The molecule has 0 amide bonds. The number of nitrogens with one attached hydrogen (secondary N) is 2. The zero-order valence-electron chi connectivity index (χ0n) is 12.8. The van der Waals surface area contributed by atoms with Gasteiger partial charge in [-0.15, -0.1) is 0 Å². The molecule has 3 aromatic rings. The summed E-state index contributed by atoms with van der Waals surface area (Å²) in [6, 6.07) is 10.3. The fourth-order valence-electron chi connectivity index (χ4n) is 2.20. The molecule has 0 unspecified atom stereocenters. The molecule has 0 aliphatic rings. The van der Waals surface area contributed by atoms with E-state index in [-0.39, 0.29) is 0 Å². The third-order valence-corrected chi connectivity index (χ3v) is 4.03. The van der Waals surface area contributed by atoms with Crippen LogP contribution < -0.4 is 9.46 Å². The van der Waals surface area contributed by atoms with Crippen LogP contribution >= 0.6 is 11.9 Å². The van der Waals surface area contributed by atoms with Crippen LogP contribution in [0.2, 0.25) is 0 Å². The molecule has 5 nitrogen and oxygen atoms in total. The van der Waals surface area contributed by atoms with Gasteiger partial charge in [-0.2, -0.15) is 0 Å². The first-order valence-corrected chi connectivity index (χ1v) is 8.28. The van der Waals surface area contributed by atoms with E-state index >= 15 is 0 Å². The predicted octanol–water partition coefficient (Wildman–Crippen LogP) is 4.17. The Hall–Kier alpha value is -2.47. The van der Waals surface area contributed by atoms with Gasteiger partial charge in [-0.3, -0.25) is 0 Å². The van der Waals surface area contributed by atoms with Gasteiger partial charge in [-0.25, -0.2) is 9.97 Å². The third kappa shape index (κ3) is 3.84. The van der Waals surface area contributed by atoms with Gasteiger partial charge >= 0.3 is 0 Å². The average molecular weight is 326 g/mol. The fourth-order valence-corrected chi connectivity index (χ4v) is 2.69. The summed E-state index contributed by atoms with van der Waals surface area (Å²) in [5.74, 6) is 0.593. The Kier molecular flexibility index (Phi) is 5.16. The van der Waals surface area contributed by atoms with Crippen LogP contribution in [0.15, 0.2) is 54.3 Å². The van der Waals surface area contributed by atoms with E-state index in [1.165, 1.54) is 23.8 Å². The molecule has 0 aliphatic carbocycles. The highest BCUT2D eigenvalue weighted by molar-refractivity contribution is 8.03. The molecule has 23 heavy (non-hydrogen) atoms. The molecule has 0 atom stereocenters. The summed E-state index contributed by atoms with van der Waals surface area (Å²) in [4.78, 5) is 11.7. The van der Waals surface area contributed by atoms with E-state index in [4.69, 9.17) is 4.74 Å². The monoisotopic (exact) mass is 326 g/mol. The van der Waals surface area contributed by atoms with Gasteiger partial charge in [0, 0.05) is 12.6 Å². The van der Waals surface area contributed by atoms with Gasteiger partial charge in [0.1, 0.15) is 17.4 Å². The number of H-pyrrole nitrogens is 1. The van der Waals surface area contributed by atoms with Crippen molar-refractivity contribution < 1.29 is 4.74 Å². The molecule has 0 spiro atoms. The average Bonchev–Trinajstić information content (AvgIpc) is 3.00. The van der Waals surface area contributed by atoms with Crippen LogP contribution in [0.1, 0.15) is 12.5 Å². The first-order valence-electron chi connectivity index (χ1n) is 7.40. The zero-order valence-corrected chi connectivity index (χ0v) is 13.6. The van der Waals surface area contributed by atoms with Gasteiger partial charge in [-0.05, 0) is 29.8 Å². The summed E-state index contributed by atoms with van der Waals surface area (Å²) in [5, 5.41) is 2.84. The molecule has 6 heteroatoms. The first-order chi connectivity index (χ1) is 11.4. The van der Waals surface area contributed by atoms with Crippen LogP contribution in [0.3, 0.4) is 0 Å². The zero-order chi connectivity index (χ0) is 15.9. The smallest absolute Gasteiger partial charge is 0.228 e. The number of nitrogens with zero attached hydrogens (tertiary/aromatic N) is 2. The van der Waals surface area contributed by atoms with Crippen molar-refractivity contribution in [2.75, 3.05) is 11.3 Å². The maximum absolute atomic E-state index is 5.89. The molecule has 2 aromatic heterocycles. The van der Waals surface area contributed by atoms with Crippen LogP contribution in [0.5, 0.6) is 5.88 Å². The lowest BCUT2D eigenvalue weighted by molar-refractivity contribution is 0.313. The van der Waals surface area contributed by atoms with Gasteiger partial charge in [0.05, 0.1) is 12.3 Å². The van der Waals surface area contributed by atoms with Crippen LogP contribution in [-0.4, -0.2) is 21.6 Å². The van der Waals surface area contributed by atoms with E-state index in [9.17, 15) is 0 Å². The normalized spacial score (nSPS) is 11.2. The Balaban J connectivity index is 1.73. The third-order valence-electron chi connectivity index (χ3n) is 3.28. The molecule has 0 fully saturated rings. The van der Waals surface area contributed by atoms with Gasteiger partial charge in [0.15, 0.2) is 0 Å². The lowest BCUT2D eigenvalue weighted by Crippen LogP contribution is -2.03. The Labute approximate surface area is 139 Å². The summed E-state index contributed by atoms with van der Waals surface area (Å²) >= 11 is 1.49. The molecule has 0 saturated heterocycles. The second-order valence-electron chi connectivity index (χ2n) is 4.88. The number of aromatic nitrogens is 3. The first kappa shape index (κ1) is 15.4. The van der Waals surface area contributed by atoms with Crippen LogP contribution in [0.25, 0.3) is 11.0 Å². The predicted molar refractivity (Wildman–Crippen MR) is 95.6 cm³/mol. The second kappa shape index (κ2) is 7.69. The number of hydrogen-bond acceptors (Lipinski definition) is 5. The lowest BCUT2D eigenvalue weighted by Gasteiger charge is -2.08. The van der Waals surface area contributed by atoms with Crippen molar-refractivity contribution in [1.82, 2.24) is 15.0 Å². The molecular formula is C17H18N4OS. The molecule has 1 aromatic carbocycles. The Morgan fingerprint density at radius 3 is 2.96 bits per heavy atom. The lowest BCUT2D eigenvalue weighted by atomic mass is 10.2. The van der Waals surface area contributed by atoms with Crippen LogP contribution in [-0.2, 0) is 6.42 Å². The molecular weight excluding hydrogens is 308 g/mol. The minimum atomic E-state index is 0.572. The highest BCUT2D eigenvalue weighted by Gasteiger charge is 2.12. The minimum absolute atomic E-state index is 0.572. The topological polar surface area (TPSA) is 62.8 Å². The molecule has 0 saturated carbocycles. The van der Waals surface area contributed by atoms with Gasteiger partial charge in [0.2, 0.25) is 5.88 Å². The highest BCUT2D eigenvalue weighted by atomic mass is 32.2. The van der Waals surface area contributed by atoms with Crippen molar-refractivity contribution in [1.29, 1.82) is 0 Å². The summed E-state index contributed by atoms with van der Waals surface area (Å²) in [6.07, 6.45) is 6.20. The minimum Gasteiger partial charge on any atom is -0.477 e. The number of hydrogen-bond donors (Lipinski definition) is 2. The summed E-state index contributed by atoms with van der Waals surface area (Å²) < 4.78 is 9.15. The number of aromatic amines is 1.